The SMILES string of the molecule is Cc1ccc(S(=O)(=O)N2CCN(C(=S)NC3CC3)CC2)c(C)c1. The van der Waals surface area contributed by atoms with Crippen LogP contribution in [0.2, 0.25) is 0 Å². The number of piperazine rings is 1. The number of benzene rings is 1. The van der Waals surface area contributed by atoms with E-state index in [4.69, 9.17) is 12.2 Å². The van der Waals surface area contributed by atoms with E-state index >= 15 is 0 Å². The molecule has 3 rings (SSSR count). The van der Waals surface area contributed by atoms with Crippen LogP contribution < -0.4 is 5.32 Å². The van der Waals surface area contributed by atoms with Gasteiger partial charge in [0.15, 0.2) is 5.11 Å². The number of sulfonamides is 1. The van der Waals surface area contributed by atoms with Crippen molar-refractivity contribution in [2.75, 3.05) is 26.2 Å². The van der Waals surface area contributed by atoms with Crippen molar-refractivity contribution in [2.45, 2.75) is 37.6 Å². The molecule has 1 aromatic rings. The number of thiocarbonyl (C=S) groups is 1. The van der Waals surface area contributed by atoms with Crippen LogP contribution in [-0.2, 0) is 10.0 Å². The van der Waals surface area contributed by atoms with Gasteiger partial charge < -0.3 is 10.2 Å². The van der Waals surface area contributed by atoms with Crippen molar-refractivity contribution in [1.82, 2.24) is 14.5 Å². The first-order valence-electron chi connectivity index (χ1n) is 8.01. The fourth-order valence-electron chi connectivity index (χ4n) is 2.85. The molecule has 1 N–H and O–H groups in total. The second-order valence-electron chi connectivity index (χ2n) is 6.38. The highest BCUT2D eigenvalue weighted by Gasteiger charge is 2.31. The zero-order valence-electron chi connectivity index (χ0n) is 13.6. The minimum Gasteiger partial charge on any atom is -0.360 e. The van der Waals surface area contributed by atoms with Crippen molar-refractivity contribution in [3.8, 4) is 0 Å². The number of hydrogen-bond acceptors (Lipinski definition) is 3. The number of nitrogens with one attached hydrogen (secondary N) is 1. The predicted molar refractivity (Wildman–Crippen MR) is 95.0 cm³/mol. The van der Waals surface area contributed by atoms with Crippen molar-refractivity contribution in [2.24, 2.45) is 0 Å². The quantitative estimate of drug-likeness (QED) is 0.838. The van der Waals surface area contributed by atoms with Crippen molar-refractivity contribution in [3.63, 3.8) is 0 Å². The van der Waals surface area contributed by atoms with E-state index in [9.17, 15) is 8.42 Å². The van der Waals surface area contributed by atoms with Crippen molar-refractivity contribution >= 4 is 27.4 Å². The molecule has 2 fully saturated rings. The lowest BCUT2D eigenvalue weighted by Gasteiger charge is -2.35. The van der Waals surface area contributed by atoms with E-state index in [1.54, 1.807) is 10.4 Å². The van der Waals surface area contributed by atoms with Gasteiger partial charge in [0.05, 0.1) is 4.90 Å². The van der Waals surface area contributed by atoms with Crippen LogP contribution >= 0.6 is 12.2 Å². The number of rotatable bonds is 3. The van der Waals surface area contributed by atoms with E-state index in [1.807, 2.05) is 26.0 Å². The third-order valence-electron chi connectivity index (χ3n) is 4.38. The average molecular weight is 354 g/mol. The van der Waals surface area contributed by atoms with Gasteiger partial charge in [0.1, 0.15) is 0 Å². The molecule has 23 heavy (non-hydrogen) atoms. The first-order chi connectivity index (χ1) is 10.9. The van der Waals surface area contributed by atoms with E-state index in [1.165, 1.54) is 12.8 Å². The average Bonchev–Trinajstić information content (AvgIpc) is 3.31. The summed E-state index contributed by atoms with van der Waals surface area (Å²) >= 11 is 5.40. The molecule has 5 nitrogen and oxygen atoms in total. The number of hydrogen-bond donors (Lipinski definition) is 1. The predicted octanol–water partition coefficient (Wildman–Crippen LogP) is 1.65. The Hall–Kier alpha value is -1.18. The van der Waals surface area contributed by atoms with Crippen LogP contribution in [0.25, 0.3) is 0 Å². The maximum absolute atomic E-state index is 12.8. The normalized spacial score (nSPS) is 19.7. The maximum Gasteiger partial charge on any atom is 0.243 e. The Morgan fingerprint density at radius 3 is 2.39 bits per heavy atom. The summed E-state index contributed by atoms with van der Waals surface area (Å²) in [4.78, 5) is 2.48. The van der Waals surface area contributed by atoms with Crippen LogP contribution in [0.15, 0.2) is 23.1 Å². The van der Waals surface area contributed by atoms with Gasteiger partial charge in [-0.15, -0.1) is 0 Å². The van der Waals surface area contributed by atoms with Gasteiger partial charge in [-0.05, 0) is 50.5 Å². The molecule has 1 aliphatic heterocycles. The fourth-order valence-corrected chi connectivity index (χ4v) is 4.83. The summed E-state index contributed by atoms with van der Waals surface area (Å²) in [7, 11) is -3.43. The molecule has 0 bridgehead atoms. The van der Waals surface area contributed by atoms with Gasteiger partial charge in [0, 0.05) is 32.2 Å². The minimum atomic E-state index is -3.43. The van der Waals surface area contributed by atoms with Crippen LogP contribution in [0, 0.1) is 13.8 Å². The monoisotopic (exact) mass is 353 g/mol. The molecule has 1 saturated carbocycles. The molecule has 0 atom stereocenters. The smallest absolute Gasteiger partial charge is 0.243 e. The van der Waals surface area contributed by atoms with Crippen LogP contribution in [0.3, 0.4) is 0 Å². The number of nitrogens with zero attached hydrogens (tertiary/aromatic N) is 2. The van der Waals surface area contributed by atoms with E-state index < -0.39 is 10.0 Å². The minimum absolute atomic E-state index is 0.412. The van der Waals surface area contributed by atoms with Crippen LogP contribution in [0.5, 0.6) is 0 Å². The molecular weight excluding hydrogens is 330 g/mol. The van der Waals surface area contributed by atoms with E-state index in [2.05, 4.69) is 10.2 Å². The van der Waals surface area contributed by atoms with E-state index in [0.29, 0.717) is 37.1 Å². The molecule has 0 aromatic heterocycles. The highest BCUT2D eigenvalue weighted by molar-refractivity contribution is 7.89. The molecular formula is C16H23N3O2S2. The first-order valence-corrected chi connectivity index (χ1v) is 9.85. The summed E-state index contributed by atoms with van der Waals surface area (Å²) in [5, 5.41) is 4.07. The van der Waals surface area contributed by atoms with Gasteiger partial charge >= 0.3 is 0 Å². The van der Waals surface area contributed by atoms with Gasteiger partial charge in [-0.1, -0.05) is 17.7 Å². The lowest BCUT2D eigenvalue weighted by Crippen LogP contribution is -2.53. The third-order valence-corrected chi connectivity index (χ3v) is 6.81. The summed E-state index contributed by atoms with van der Waals surface area (Å²) in [6.45, 7) is 6.05. The van der Waals surface area contributed by atoms with Crippen LogP contribution in [0.1, 0.15) is 24.0 Å². The second-order valence-corrected chi connectivity index (χ2v) is 8.68. The Bertz CT molecular complexity index is 706. The highest BCUT2D eigenvalue weighted by atomic mass is 32.2. The van der Waals surface area contributed by atoms with Crippen molar-refractivity contribution < 1.29 is 8.42 Å². The van der Waals surface area contributed by atoms with Gasteiger partial charge in [-0.25, -0.2) is 8.42 Å². The molecule has 1 aliphatic carbocycles. The Kier molecular flexibility index (Phi) is 4.62. The summed E-state index contributed by atoms with van der Waals surface area (Å²) in [5.74, 6) is 0. The molecule has 1 heterocycles. The largest absolute Gasteiger partial charge is 0.360 e. The lowest BCUT2D eigenvalue weighted by atomic mass is 10.2. The van der Waals surface area contributed by atoms with Gasteiger partial charge in [-0.2, -0.15) is 4.31 Å². The lowest BCUT2D eigenvalue weighted by molar-refractivity contribution is 0.263. The Morgan fingerprint density at radius 2 is 1.83 bits per heavy atom. The maximum atomic E-state index is 12.8. The zero-order chi connectivity index (χ0) is 16.6. The van der Waals surface area contributed by atoms with E-state index in [-0.39, 0.29) is 0 Å². The molecule has 126 valence electrons. The summed E-state index contributed by atoms with van der Waals surface area (Å²) < 4.78 is 27.3. The van der Waals surface area contributed by atoms with Gasteiger partial charge in [0.2, 0.25) is 10.0 Å². The second kappa shape index (κ2) is 6.37. The van der Waals surface area contributed by atoms with Crippen molar-refractivity contribution in [1.29, 1.82) is 0 Å². The molecule has 2 aliphatic rings. The molecule has 0 amide bonds. The molecule has 0 radical (unpaired) electrons. The Balaban J connectivity index is 1.67. The van der Waals surface area contributed by atoms with Crippen LogP contribution in [-0.4, -0.2) is 55.0 Å². The van der Waals surface area contributed by atoms with Gasteiger partial charge in [0.25, 0.3) is 0 Å². The van der Waals surface area contributed by atoms with Gasteiger partial charge in [-0.3, -0.25) is 0 Å². The third kappa shape index (κ3) is 3.67. The fraction of sp³-hybridized carbons (Fsp3) is 0.562. The van der Waals surface area contributed by atoms with E-state index in [0.717, 1.165) is 16.2 Å². The first kappa shape index (κ1) is 16.7. The Morgan fingerprint density at radius 1 is 1.17 bits per heavy atom. The molecule has 7 heteroatoms. The van der Waals surface area contributed by atoms with Crippen molar-refractivity contribution in [3.05, 3.63) is 29.3 Å². The molecule has 0 unspecified atom stereocenters. The highest BCUT2D eigenvalue weighted by Crippen LogP contribution is 2.23. The summed E-state index contributed by atoms with van der Waals surface area (Å²) in [5.41, 5.74) is 1.88. The molecule has 1 saturated heterocycles. The zero-order valence-corrected chi connectivity index (χ0v) is 15.2. The molecule has 0 spiro atoms. The number of aryl methyl sites for hydroxylation is 2. The molecule has 1 aromatic carbocycles. The topological polar surface area (TPSA) is 52.7 Å². The standard InChI is InChI=1S/C16H23N3O2S2/c1-12-3-6-15(13(2)11-12)23(20,21)19-9-7-18(8-10-19)16(22)17-14-4-5-14/h3,6,11,14H,4-5,7-10H2,1-2H3,(H,17,22). The summed E-state index contributed by atoms with van der Waals surface area (Å²) in [6, 6.07) is 6.01. The Labute approximate surface area is 143 Å². The van der Waals surface area contributed by atoms with Crippen LogP contribution in [0.4, 0.5) is 0 Å². The summed E-state index contributed by atoms with van der Waals surface area (Å²) in [6.07, 6.45) is 2.36.